The fraction of sp³-hybridized carbons (Fsp3) is 0.263. The summed E-state index contributed by atoms with van der Waals surface area (Å²) in [5.74, 6) is -0.584. The first-order valence-electron chi connectivity index (χ1n) is 8.27. The van der Waals surface area contributed by atoms with Gasteiger partial charge in [0.05, 0.1) is 24.7 Å². The number of Topliss-reactive ketones (excluding diaryl/α,β-unsaturated/α-hetero) is 1. The van der Waals surface area contributed by atoms with E-state index in [0.717, 1.165) is 0 Å². The molecule has 0 bridgehead atoms. The van der Waals surface area contributed by atoms with Crippen molar-refractivity contribution in [1.29, 1.82) is 0 Å². The smallest absolute Gasteiger partial charge is 0.324 e. The summed E-state index contributed by atoms with van der Waals surface area (Å²) < 4.78 is 41.9. The molecular formula is C19H21NO7S. The van der Waals surface area contributed by atoms with Gasteiger partial charge in [0.15, 0.2) is 6.61 Å². The van der Waals surface area contributed by atoms with Gasteiger partial charge in [0.25, 0.3) is 0 Å². The molecule has 0 heterocycles. The van der Waals surface area contributed by atoms with Crippen LogP contribution in [0.2, 0.25) is 0 Å². The van der Waals surface area contributed by atoms with Crippen LogP contribution in [-0.2, 0) is 19.6 Å². The van der Waals surface area contributed by atoms with Crippen molar-refractivity contribution in [3.63, 3.8) is 0 Å². The molecule has 1 atom stereocenters. The van der Waals surface area contributed by atoms with E-state index in [9.17, 15) is 18.0 Å². The van der Waals surface area contributed by atoms with Crippen molar-refractivity contribution in [1.82, 2.24) is 4.72 Å². The largest absolute Gasteiger partial charge is 0.497 e. The van der Waals surface area contributed by atoms with Gasteiger partial charge in [0, 0.05) is 6.07 Å². The van der Waals surface area contributed by atoms with Gasteiger partial charge in [-0.1, -0.05) is 18.2 Å². The molecule has 0 fully saturated rings. The van der Waals surface area contributed by atoms with E-state index in [4.69, 9.17) is 14.2 Å². The second-order valence-electron chi connectivity index (χ2n) is 5.75. The summed E-state index contributed by atoms with van der Waals surface area (Å²) in [4.78, 5) is 24.4. The number of sulfonamides is 1. The third kappa shape index (κ3) is 5.30. The summed E-state index contributed by atoms with van der Waals surface area (Å²) in [6.07, 6.45) is 0. The van der Waals surface area contributed by atoms with Gasteiger partial charge in [-0.3, -0.25) is 9.59 Å². The molecule has 0 aromatic heterocycles. The molecule has 1 unspecified atom stereocenters. The molecule has 2 rings (SSSR count). The van der Waals surface area contributed by atoms with E-state index in [1.807, 2.05) is 0 Å². The minimum absolute atomic E-state index is 0.0219. The maximum absolute atomic E-state index is 12.3. The van der Waals surface area contributed by atoms with Crippen molar-refractivity contribution in [3.8, 4) is 11.5 Å². The van der Waals surface area contributed by atoms with Gasteiger partial charge >= 0.3 is 5.97 Å². The lowest BCUT2D eigenvalue weighted by atomic mass is 10.1. The van der Waals surface area contributed by atoms with E-state index < -0.39 is 34.4 Å². The molecule has 0 saturated heterocycles. The molecule has 0 aliphatic carbocycles. The number of methoxy groups -OCH3 is 2. The fourth-order valence-corrected chi connectivity index (χ4v) is 3.53. The van der Waals surface area contributed by atoms with Crippen LogP contribution < -0.4 is 14.2 Å². The third-order valence-electron chi connectivity index (χ3n) is 3.79. The van der Waals surface area contributed by atoms with Crippen LogP contribution in [0.4, 0.5) is 0 Å². The Hall–Kier alpha value is -2.91. The van der Waals surface area contributed by atoms with Crippen LogP contribution in [0.25, 0.3) is 0 Å². The van der Waals surface area contributed by atoms with Crippen LogP contribution in [-0.4, -0.2) is 47.0 Å². The van der Waals surface area contributed by atoms with Gasteiger partial charge in [-0.05, 0) is 31.2 Å². The van der Waals surface area contributed by atoms with Crippen molar-refractivity contribution in [2.24, 2.45) is 0 Å². The SMILES string of the molecule is COc1ccc(C(=O)COC(=O)C(C)NS(=O)(=O)c2ccccc2)c(OC)c1. The number of ether oxygens (including phenoxy) is 3. The third-order valence-corrected chi connectivity index (χ3v) is 5.35. The predicted octanol–water partition coefficient (Wildman–Crippen LogP) is 1.80. The van der Waals surface area contributed by atoms with Crippen LogP contribution in [0, 0.1) is 0 Å². The van der Waals surface area contributed by atoms with Gasteiger partial charge < -0.3 is 14.2 Å². The topological polar surface area (TPSA) is 108 Å². The Morgan fingerprint density at radius 2 is 1.71 bits per heavy atom. The Morgan fingerprint density at radius 1 is 1.04 bits per heavy atom. The quantitative estimate of drug-likeness (QED) is 0.499. The predicted molar refractivity (Wildman–Crippen MR) is 101 cm³/mol. The Bertz CT molecular complexity index is 942. The summed E-state index contributed by atoms with van der Waals surface area (Å²) in [5, 5.41) is 0. The number of nitrogens with one attached hydrogen (secondary N) is 1. The average molecular weight is 407 g/mol. The molecule has 2 aromatic carbocycles. The summed E-state index contributed by atoms with van der Waals surface area (Å²) in [6, 6.07) is 11.1. The van der Waals surface area contributed by atoms with E-state index in [1.54, 1.807) is 24.3 Å². The molecular weight excluding hydrogens is 386 g/mol. The minimum Gasteiger partial charge on any atom is -0.497 e. The van der Waals surface area contributed by atoms with E-state index in [-0.39, 0.29) is 16.2 Å². The Kier molecular flexibility index (Phi) is 7.13. The average Bonchev–Trinajstić information content (AvgIpc) is 2.71. The van der Waals surface area contributed by atoms with Gasteiger partial charge in [-0.25, -0.2) is 8.42 Å². The number of rotatable bonds is 9. The lowest BCUT2D eigenvalue weighted by Gasteiger charge is -2.14. The molecule has 9 heteroatoms. The first-order chi connectivity index (χ1) is 13.3. The minimum atomic E-state index is -3.88. The zero-order chi connectivity index (χ0) is 20.7. The Balaban J connectivity index is 1.99. The summed E-state index contributed by atoms with van der Waals surface area (Å²) in [6.45, 7) is 0.778. The molecule has 8 nitrogen and oxygen atoms in total. The van der Waals surface area contributed by atoms with Crippen molar-refractivity contribution >= 4 is 21.8 Å². The van der Waals surface area contributed by atoms with Crippen molar-refractivity contribution < 1.29 is 32.2 Å². The van der Waals surface area contributed by atoms with Crippen LogP contribution in [0.5, 0.6) is 11.5 Å². The lowest BCUT2D eigenvalue weighted by molar-refractivity contribution is -0.144. The maximum atomic E-state index is 12.3. The van der Waals surface area contributed by atoms with Gasteiger partial charge in [0.1, 0.15) is 17.5 Å². The Morgan fingerprint density at radius 3 is 2.32 bits per heavy atom. The number of carbonyl (C=O) groups excluding carboxylic acids is 2. The second kappa shape index (κ2) is 9.34. The van der Waals surface area contributed by atoms with Crippen molar-refractivity contribution in [3.05, 3.63) is 54.1 Å². The molecule has 0 saturated carbocycles. The molecule has 0 aliphatic rings. The van der Waals surface area contributed by atoms with E-state index in [1.165, 1.54) is 45.4 Å². The number of hydrogen-bond donors (Lipinski definition) is 1. The van der Waals surface area contributed by atoms with Crippen LogP contribution in [0.3, 0.4) is 0 Å². The molecule has 2 aromatic rings. The molecule has 0 amide bonds. The van der Waals surface area contributed by atoms with E-state index in [2.05, 4.69) is 4.72 Å². The van der Waals surface area contributed by atoms with Crippen LogP contribution in [0.1, 0.15) is 17.3 Å². The number of esters is 1. The number of ketones is 1. The van der Waals surface area contributed by atoms with Crippen molar-refractivity contribution in [2.45, 2.75) is 17.9 Å². The first kappa shape index (κ1) is 21.4. The highest BCUT2D eigenvalue weighted by Gasteiger charge is 2.24. The molecule has 0 spiro atoms. The number of benzene rings is 2. The lowest BCUT2D eigenvalue weighted by Crippen LogP contribution is -2.40. The standard InChI is InChI=1S/C19H21NO7S/c1-13(20-28(23,24)15-7-5-4-6-8-15)19(22)27-12-17(21)16-10-9-14(25-2)11-18(16)26-3/h4-11,13,20H,12H2,1-3H3. The highest BCUT2D eigenvalue weighted by Crippen LogP contribution is 2.25. The molecule has 0 radical (unpaired) electrons. The summed E-state index contributed by atoms with van der Waals surface area (Å²) in [7, 11) is -1.00. The summed E-state index contributed by atoms with van der Waals surface area (Å²) in [5.41, 5.74) is 0.216. The zero-order valence-electron chi connectivity index (χ0n) is 15.7. The molecule has 28 heavy (non-hydrogen) atoms. The number of hydrogen-bond acceptors (Lipinski definition) is 7. The molecule has 0 aliphatic heterocycles. The zero-order valence-corrected chi connectivity index (χ0v) is 16.5. The summed E-state index contributed by atoms with van der Waals surface area (Å²) >= 11 is 0. The van der Waals surface area contributed by atoms with Gasteiger partial charge in [-0.15, -0.1) is 0 Å². The van der Waals surface area contributed by atoms with Gasteiger partial charge in [-0.2, -0.15) is 4.72 Å². The highest BCUT2D eigenvalue weighted by molar-refractivity contribution is 7.89. The van der Waals surface area contributed by atoms with Gasteiger partial charge in [0.2, 0.25) is 15.8 Å². The second-order valence-corrected chi connectivity index (χ2v) is 7.47. The van der Waals surface area contributed by atoms with Crippen molar-refractivity contribution in [2.75, 3.05) is 20.8 Å². The van der Waals surface area contributed by atoms with E-state index >= 15 is 0 Å². The molecule has 150 valence electrons. The fourth-order valence-electron chi connectivity index (χ4n) is 2.32. The van der Waals surface area contributed by atoms with E-state index in [0.29, 0.717) is 5.75 Å². The first-order valence-corrected chi connectivity index (χ1v) is 9.76. The highest BCUT2D eigenvalue weighted by atomic mass is 32.2. The maximum Gasteiger partial charge on any atom is 0.324 e. The molecule has 1 N–H and O–H groups in total. The Labute approximate surface area is 163 Å². The normalized spacial score (nSPS) is 12.1. The number of carbonyl (C=O) groups is 2. The van der Waals surface area contributed by atoms with Crippen LogP contribution in [0.15, 0.2) is 53.4 Å². The monoisotopic (exact) mass is 407 g/mol. The van der Waals surface area contributed by atoms with Crippen LogP contribution >= 0.6 is 0 Å².